The largest absolute Gasteiger partial charge is 0.329 e. The minimum atomic E-state index is 0.0762. The van der Waals surface area contributed by atoms with Gasteiger partial charge in [0.2, 0.25) is 0 Å². The van der Waals surface area contributed by atoms with Crippen LogP contribution in [0.4, 0.5) is 0 Å². The van der Waals surface area contributed by atoms with Gasteiger partial charge in [0.05, 0.1) is 17.8 Å². The first kappa shape index (κ1) is 14.3. The maximum Gasteiger partial charge on any atom is 0.257 e. The minimum absolute atomic E-state index is 0.0762. The average Bonchev–Trinajstić information content (AvgIpc) is 3.15. The van der Waals surface area contributed by atoms with Crippen LogP contribution in [0, 0.1) is 6.92 Å². The molecule has 1 aliphatic heterocycles. The van der Waals surface area contributed by atoms with E-state index in [1.807, 2.05) is 24.9 Å². The van der Waals surface area contributed by atoms with Crippen molar-refractivity contribution >= 4 is 17.2 Å². The number of carbonyl (C=O) groups excluding carboxylic acids is 1. The van der Waals surface area contributed by atoms with Gasteiger partial charge in [-0.3, -0.25) is 9.48 Å². The molecule has 2 aromatic heterocycles. The van der Waals surface area contributed by atoms with Gasteiger partial charge >= 0.3 is 0 Å². The summed E-state index contributed by atoms with van der Waals surface area (Å²) in [5, 5.41) is 7.32. The van der Waals surface area contributed by atoms with Gasteiger partial charge in [-0.1, -0.05) is 0 Å². The Morgan fingerprint density at radius 2 is 2.33 bits per heavy atom. The summed E-state index contributed by atoms with van der Waals surface area (Å²) >= 11 is 1.66. The summed E-state index contributed by atoms with van der Waals surface area (Å²) in [7, 11) is 0. The molecular formula is C15H20N4OS. The Hall–Kier alpha value is -1.69. The van der Waals surface area contributed by atoms with E-state index in [9.17, 15) is 4.79 Å². The molecule has 3 heterocycles. The molecule has 0 aromatic carbocycles. The molecule has 0 N–H and O–H groups in total. The molecule has 6 heteroatoms. The molecule has 1 amide bonds. The van der Waals surface area contributed by atoms with Gasteiger partial charge in [-0.15, -0.1) is 11.3 Å². The number of thiazole rings is 1. The number of carbonyl (C=O) groups is 1. The van der Waals surface area contributed by atoms with Gasteiger partial charge in [-0.25, -0.2) is 4.98 Å². The fourth-order valence-electron chi connectivity index (χ4n) is 2.77. The van der Waals surface area contributed by atoms with E-state index < -0.39 is 0 Å². The van der Waals surface area contributed by atoms with Crippen LogP contribution in [-0.4, -0.2) is 32.1 Å². The van der Waals surface area contributed by atoms with Crippen molar-refractivity contribution in [3.8, 4) is 0 Å². The monoisotopic (exact) mass is 304 g/mol. The van der Waals surface area contributed by atoms with Crippen molar-refractivity contribution in [3.05, 3.63) is 34.0 Å². The Kier molecular flexibility index (Phi) is 4.05. The predicted molar refractivity (Wildman–Crippen MR) is 82.4 cm³/mol. The van der Waals surface area contributed by atoms with E-state index >= 15 is 0 Å². The van der Waals surface area contributed by atoms with Crippen molar-refractivity contribution in [2.75, 3.05) is 6.54 Å². The fourth-order valence-corrected chi connectivity index (χ4v) is 3.71. The lowest BCUT2D eigenvalue weighted by Gasteiger charge is -2.34. The van der Waals surface area contributed by atoms with Crippen LogP contribution in [0.2, 0.25) is 0 Å². The smallest absolute Gasteiger partial charge is 0.257 e. The van der Waals surface area contributed by atoms with Crippen molar-refractivity contribution in [1.29, 1.82) is 0 Å². The Bertz CT molecular complexity index is 633. The number of aromatic nitrogens is 3. The van der Waals surface area contributed by atoms with Gasteiger partial charge in [-0.2, -0.15) is 5.10 Å². The second-order valence-electron chi connectivity index (χ2n) is 5.42. The molecule has 112 valence electrons. The molecule has 3 rings (SSSR count). The third kappa shape index (κ3) is 2.85. The van der Waals surface area contributed by atoms with Gasteiger partial charge in [0.25, 0.3) is 5.91 Å². The lowest BCUT2D eigenvalue weighted by atomic mass is 10.0. The van der Waals surface area contributed by atoms with Gasteiger partial charge < -0.3 is 4.90 Å². The molecule has 5 nitrogen and oxygen atoms in total. The van der Waals surface area contributed by atoms with Crippen LogP contribution in [0.5, 0.6) is 0 Å². The zero-order valence-corrected chi connectivity index (χ0v) is 13.3. The molecule has 2 aromatic rings. The van der Waals surface area contributed by atoms with Crippen molar-refractivity contribution in [1.82, 2.24) is 19.7 Å². The SMILES string of the molecule is CCn1cc(C(=O)N2CCCC[C@@H]2c2nc(C)cs2)cn1. The lowest BCUT2D eigenvalue weighted by molar-refractivity contribution is 0.0611. The standard InChI is InChI=1S/C15H20N4OS/c1-3-18-9-12(8-16-18)15(20)19-7-5-4-6-13(19)14-17-11(2)10-21-14/h8-10,13H,3-7H2,1-2H3/t13-/m1/s1. The maximum atomic E-state index is 12.8. The molecule has 0 aliphatic carbocycles. The van der Waals surface area contributed by atoms with E-state index in [0.717, 1.165) is 43.1 Å². The van der Waals surface area contributed by atoms with Gasteiger partial charge in [0, 0.05) is 30.4 Å². The van der Waals surface area contributed by atoms with Gasteiger partial charge in [0.1, 0.15) is 5.01 Å². The molecule has 1 aliphatic rings. The van der Waals surface area contributed by atoms with E-state index in [4.69, 9.17) is 0 Å². The number of hydrogen-bond acceptors (Lipinski definition) is 4. The first-order valence-corrected chi connectivity index (χ1v) is 8.32. The number of piperidine rings is 1. The average molecular weight is 304 g/mol. The van der Waals surface area contributed by atoms with E-state index in [1.54, 1.807) is 22.2 Å². The third-order valence-electron chi connectivity index (χ3n) is 3.89. The third-order valence-corrected chi connectivity index (χ3v) is 4.95. The fraction of sp³-hybridized carbons (Fsp3) is 0.533. The highest BCUT2D eigenvalue weighted by molar-refractivity contribution is 7.09. The number of nitrogens with zero attached hydrogens (tertiary/aromatic N) is 4. The number of amides is 1. The van der Waals surface area contributed by atoms with E-state index in [-0.39, 0.29) is 11.9 Å². The molecular weight excluding hydrogens is 284 g/mol. The van der Waals surface area contributed by atoms with Gasteiger partial charge in [0.15, 0.2) is 0 Å². The molecule has 0 radical (unpaired) electrons. The van der Waals surface area contributed by atoms with E-state index in [1.165, 1.54) is 0 Å². The maximum absolute atomic E-state index is 12.8. The first-order valence-electron chi connectivity index (χ1n) is 7.44. The quantitative estimate of drug-likeness (QED) is 0.876. The number of aryl methyl sites for hydroxylation is 2. The predicted octanol–water partition coefficient (Wildman–Crippen LogP) is 3.04. The number of likely N-dealkylation sites (tertiary alicyclic amines) is 1. The van der Waals surface area contributed by atoms with Crippen LogP contribution in [-0.2, 0) is 6.54 Å². The molecule has 1 atom stereocenters. The van der Waals surface area contributed by atoms with E-state index in [0.29, 0.717) is 5.56 Å². The molecule has 0 unspecified atom stereocenters. The lowest BCUT2D eigenvalue weighted by Crippen LogP contribution is -2.38. The number of rotatable bonds is 3. The molecule has 0 saturated carbocycles. The Morgan fingerprint density at radius 1 is 1.48 bits per heavy atom. The summed E-state index contributed by atoms with van der Waals surface area (Å²) < 4.78 is 1.79. The molecule has 21 heavy (non-hydrogen) atoms. The minimum Gasteiger partial charge on any atom is -0.329 e. The summed E-state index contributed by atoms with van der Waals surface area (Å²) in [5.41, 5.74) is 1.71. The van der Waals surface area contributed by atoms with Crippen molar-refractivity contribution in [3.63, 3.8) is 0 Å². The zero-order chi connectivity index (χ0) is 14.8. The molecule has 0 spiro atoms. The normalized spacial score (nSPS) is 19.0. The van der Waals surface area contributed by atoms with Crippen LogP contribution in [0.15, 0.2) is 17.8 Å². The van der Waals surface area contributed by atoms with Crippen LogP contribution >= 0.6 is 11.3 Å². The van der Waals surface area contributed by atoms with Crippen LogP contribution in [0.3, 0.4) is 0 Å². The number of hydrogen-bond donors (Lipinski definition) is 0. The highest BCUT2D eigenvalue weighted by atomic mass is 32.1. The van der Waals surface area contributed by atoms with E-state index in [2.05, 4.69) is 15.5 Å². The summed E-state index contributed by atoms with van der Waals surface area (Å²) in [6.07, 6.45) is 6.72. The topological polar surface area (TPSA) is 51.0 Å². The summed E-state index contributed by atoms with van der Waals surface area (Å²) in [6, 6.07) is 0.120. The second kappa shape index (κ2) is 5.97. The van der Waals surface area contributed by atoms with Crippen LogP contribution in [0.1, 0.15) is 53.3 Å². The molecule has 1 saturated heterocycles. The van der Waals surface area contributed by atoms with Crippen molar-refractivity contribution in [2.45, 2.75) is 45.7 Å². The summed E-state index contributed by atoms with van der Waals surface area (Å²) in [4.78, 5) is 19.3. The zero-order valence-electron chi connectivity index (χ0n) is 12.5. The highest BCUT2D eigenvalue weighted by Crippen LogP contribution is 2.33. The highest BCUT2D eigenvalue weighted by Gasteiger charge is 2.31. The van der Waals surface area contributed by atoms with Crippen molar-refractivity contribution in [2.24, 2.45) is 0 Å². The van der Waals surface area contributed by atoms with Crippen LogP contribution < -0.4 is 0 Å². The summed E-state index contributed by atoms with van der Waals surface area (Å²) in [6.45, 7) is 5.60. The Balaban J connectivity index is 1.85. The Labute approximate surface area is 128 Å². The summed E-state index contributed by atoms with van der Waals surface area (Å²) in [5.74, 6) is 0.0762. The Morgan fingerprint density at radius 3 is 3.00 bits per heavy atom. The second-order valence-corrected chi connectivity index (χ2v) is 6.31. The van der Waals surface area contributed by atoms with Crippen molar-refractivity contribution < 1.29 is 4.79 Å². The molecule has 1 fully saturated rings. The molecule has 0 bridgehead atoms. The van der Waals surface area contributed by atoms with Gasteiger partial charge in [-0.05, 0) is 33.1 Å². The van der Waals surface area contributed by atoms with Crippen LogP contribution in [0.25, 0.3) is 0 Å². The first-order chi connectivity index (χ1) is 10.2.